The van der Waals surface area contributed by atoms with Crippen molar-refractivity contribution in [1.29, 1.82) is 0 Å². The van der Waals surface area contributed by atoms with Gasteiger partial charge in [0, 0.05) is 36.1 Å². The number of halogens is 1. The molecule has 1 heterocycles. The highest BCUT2D eigenvalue weighted by atomic mass is 19.1. The van der Waals surface area contributed by atoms with E-state index in [-0.39, 0.29) is 23.6 Å². The van der Waals surface area contributed by atoms with Gasteiger partial charge in [0.05, 0.1) is 6.42 Å². The molecule has 1 aliphatic carbocycles. The molecule has 4 heteroatoms. The summed E-state index contributed by atoms with van der Waals surface area (Å²) in [5.74, 6) is -0.276. The predicted molar refractivity (Wildman–Crippen MR) is 97.0 cm³/mol. The lowest BCUT2D eigenvalue weighted by Crippen LogP contribution is -2.35. The lowest BCUT2D eigenvalue weighted by atomic mass is 9.94. The van der Waals surface area contributed by atoms with Gasteiger partial charge < -0.3 is 9.88 Å². The molecule has 1 saturated carbocycles. The quantitative estimate of drug-likeness (QED) is 0.750. The smallest absolute Gasteiger partial charge is 0.226 e. The largest absolute Gasteiger partial charge is 0.361 e. The number of para-hydroxylation sites is 1. The maximum atomic E-state index is 13.3. The number of aromatic nitrogens is 1. The van der Waals surface area contributed by atoms with Gasteiger partial charge >= 0.3 is 0 Å². The molecule has 128 valence electrons. The van der Waals surface area contributed by atoms with E-state index in [9.17, 15) is 9.18 Å². The molecule has 0 unspecified atom stereocenters. The molecule has 3 nitrogen and oxygen atoms in total. The number of fused-ring (bicyclic) bond motifs is 1. The highest BCUT2D eigenvalue weighted by molar-refractivity contribution is 5.85. The van der Waals surface area contributed by atoms with E-state index < -0.39 is 0 Å². The van der Waals surface area contributed by atoms with Crippen LogP contribution >= 0.6 is 0 Å². The molecule has 1 aliphatic rings. The average Bonchev–Trinajstić information content (AvgIpc) is 3.23. The number of benzene rings is 2. The van der Waals surface area contributed by atoms with Crippen LogP contribution in [0.1, 0.15) is 24.0 Å². The molecule has 1 aromatic heterocycles. The molecule has 1 amide bonds. The van der Waals surface area contributed by atoms with E-state index in [1.165, 1.54) is 23.1 Å². The summed E-state index contributed by atoms with van der Waals surface area (Å²) in [6.07, 6.45) is 4.50. The zero-order chi connectivity index (χ0) is 17.4. The second-order valence-corrected chi connectivity index (χ2v) is 7.08. The number of likely N-dealkylation sites (N-methyl/N-ethyl adjacent to an activating group) is 1. The Balaban J connectivity index is 1.50. The van der Waals surface area contributed by atoms with Crippen molar-refractivity contribution in [3.05, 3.63) is 71.7 Å². The van der Waals surface area contributed by atoms with Crippen LogP contribution in [-0.4, -0.2) is 29.4 Å². The van der Waals surface area contributed by atoms with Gasteiger partial charge in [-0.2, -0.15) is 0 Å². The molecular formula is C21H21FN2O. The lowest BCUT2D eigenvalue weighted by molar-refractivity contribution is -0.129. The Labute approximate surface area is 146 Å². The number of amides is 1. The number of carbonyl (C=O) groups excluding carboxylic acids is 1. The molecule has 0 spiro atoms. The summed E-state index contributed by atoms with van der Waals surface area (Å²) in [6.45, 7) is 0.697. The Hall–Kier alpha value is -2.62. The van der Waals surface area contributed by atoms with Gasteiger partial charge in [-0.1, -0.05) is 30.3 Å². The first-order chi connectivity index (χ1) is 12.1. The number of hydrogen-bond donors (Lipinski definition) is 1. The van der Waals surface area contributed by atoms with Crippen LogP contribution in [0.15, 0.2) is 54.7 Å². The first-order valence-electron chi connectivity index (χ1n) is 8.62. The van der Waals surface area contributed by atoms with Crippen LogP contribution in [0.25, 0.3) is 10.9 Å². The number of carbonyl (C=O) groups is 1. The molecule has 4 rings (SSSR count). The second kappa shape index (κ2) is 6.03. The van der Waals surface area contributed by atoms with Gasteiger partial charge in [-0.05, 0) is 42.2 Å². The Morgan fingerprint density at radius 1 is 1.20 bits per heavy atom. The van der Waals surface area contributed by atoms with Crippen LogP contribution in [-0.2, 0) is 16.6 Å². The third-order valence-electron chi connectivity index (χ3n) is 5.22. The van der Waals surface area contributed by atoms with Gasteiger partial charge in [-0.15, -0.1) is 0 Å². The number of aromatic amines is 1. The van der Waals surface area contributed by atoms with Crippen molar-refractivity contribution in [3.63, 3.8) is 0 Å². The average molecular weight is 336 g/mol. The van der Waals surface area contributed by atoms with Crippen LogP contribution in [0.5, 0.6) is 0 Å². The summed E-state index contributed by atoms with van der Waals surface area (Å²) in [6, 6.07) is 14.6. The molecule has 0 atom stereocenters. The fourth-order valence-corrected chi connectivity index (χ4v) is 3.67. The molecule has 1 fully saturated rings. The van der Waals surface area contributed by atoms with Crippen molar-refractivity contribution in [2.24, 2.45) is 0 Å². The highest BCUT2D eigenvalue weighted by Crippen LogP contribution is 2.50. The fraction of sp³-hybridized carbons (Fsp3) is 0.286. The Bertz CT molecular complexity index is 926. The molecule has 0 saturated heterocycles. The van der Waals surface area contributed by atoms with E-state index in [1.807, 2.05) is 13.1 Å². The van der Waals surface area contributed by atoms with Crippen molar-refractivity contribution in [2.45, 2.75) is 24.7 Å². The molecule has 0 aliphatic heterocycles. The normalized spacial score (nSPS) is 15.3. The Morgan fingerprint density at radius 3 is 2.76 bits per heavy atom. The number of nitrogens with zero attached hydrogens (tertiary/aromatic N) is 1. The first kappa shape index (κ1) is 15.9. The molecule has 0 bridgehead atoms. The SMILES string of the molecule is CN(CC1(c2c[nH]c3ccccc23)CC1)C(=O)Cc1cccc(F)c1. The van der Waals surface area contributed by atoms with E-state index in [1.54, 1.807) is 17.0 Å². The van der Waals surface area contributed by atoms with Gasteiger partial charge in [-0.3, -0.25) is 4.79 Å². The number of H-pyrrole nitrogens is 1. The molecule has 2 aromatic carbocycles. The Kier molecular flexibility index (Phi) is 3.83. The molecular weight excluding hydrogens is 315 g/mol. The van der Waals surface area contributed by atoms with Crippen molar-refractivity contribution >= 4 is 16.8 Å². The van der Waals surface area contributed by atoms with Crippen LogP contribution in [0.2, 0.25) is 0 Å². The fourth-order valence-electron chi connectivity index (χ4n) is 3.67. The summed E-state index contributed by atoms with van der Waals surface area (Å²) < 4.78 is 13.3. The van der Waals surface area contributed by atoms with E-state index in [0.29, 0.717) is 12.1 Å². The summed E-state index contributed by atoms with van der Waals surface area (Å²) in [4.78, 5) is 17.7. The van der Waals surface area contributed by atoms with Gasteiger partial charge in [0.2, 0.25) is 5.91 Å². The Morgan fingerprint density at radius 2 is 2.00 bits per heavy atom. The maximum absolute atomic E-state index is 13.3. The highest BCUT2D eigenvalue weighted by Gasteiger charge is 2.47. The molecule has 0 radical (unpaired) electrons. The van der Waals surface area contributed by atoms with Crippen molar-refractivity contribution in [1.82, 2.24) is 9.88 Å². The van der Waals surface area contributed by atoms with Crippen molar-refractivity contribution in [2.75, 3.05) is 13.6 Å². The van der Waals surface area contributed by atoms with Crippen LogP contribution in [0.3, 0.4) is 0 Å². The minimum absolute atomic E-state index is 0.0247. The number of hydrogen-bond acceptors (Lipinski definition) is 1. The van der Waals surface area contributed by atoms with Gasteiger partial charge in [0.1, 0.15) is 5.82 Å². The first-order valence-corrected chi connectivity index (χ1v) is 8.62. The third kappa shape index (κ3) is 3.04. The lowest BCUT2D eigenvalue weighted by Gasteiger charge is -2.24. The predicted octanol–water partition coefficient (Wildman–Crippen LogP) is 4.04. The molecule has 3 aromatic rings. The van der Waals surface area contributed by atoms with E-state index in [2.05, 4.69) is 29.4 Å². The van der Waals surface area contributed by atoms with Crippen LogP contribution in [0.4, 0.5) is 4.39 Å². The summed E-state index contributed by atoms with van der Waals surface area (Å²) in [5, 5.41) is 1.24. The van der Waals surface area contributed by atoms with Gasteiger partial charge in [-0.25, -0.2) is 4.39 Å². The minimum Gasteiger partial charge on any atom is -0.361 e. The van der Waals surface area contributed by atoms with Crippen molar-refractivity contribution < 1.29 is 9.18 Å². The minimum atomic E-state index is -0.301. The van der Waals surface area contributed by atoms with E-state index in [0.717, 1.165) is 18.4 Å². The summed E-state index contributed by atoms with van der Waals surface area (Å²) >= 11 is 0. The van der Waals surface area contributed by atoms with Gasteiger partial charge in [0.25, 0.3) is 0 Å². The van der Waals surface area contributed by atoms with E-state index >= 15 is 0 Å². The van der Waals surface area contributed by atoms with Gasteiger partial charge in [0.15, 0.2) is 0 Å². The number of rotatable bonds is 5. The number of nitrogens with one attached hydrogen (secondary N) is 1. The zero-order valence-corrected chi connectivity index (χ0v) is 14.3. The van der Waals surface area contributed by atoms with Crippen LogP contribution < -0.4 is 0 Å². The monoisotopic (exact) mass is 336 g/mol. The summed E-state index contributed by atoms with van der Waals surface area (Å²) in [7, 11) is 1.84. The molecule has 1 N–H and O–H groups in total. The maximum Gasteiger partial charge on any atom is 0.226 e. The van der Waals surface area contributed by atoms with Crippen molar-refractivity contribution in [3.8, 4) is 0 Å². The summed E-state index contributed by atoms with van der Waals surface area (Å²) in [5.41, 5.74) is 3.20. The topological polar surface area (TPSA) is 36.1 Å². The molecule has 25 heavy (non-hydrogen) atoms. The standard InChI is InChI=1S/C21H21FN2O/c1-24(20(25)12-15-5-4-6-16(22)11-15)14-21(9-10-21)18-13-23-19-8-3-2-7-17(18)19/h2-8,11,13,23H,9-10,12,14H2,1H3. The van der Waals surface area contributed by atoms with E-state index in [4.69, 9.17) is 0 Å². The third-order valence-corrected chi connectivity index (χ3v) is 5.22. The zero-order valence-electron chi connectivity index (χ0n) is 14.3. The van der Waals surface area contributed by atoms with Crippen LogP contribution in [0, 0.1) is 5.82 Å². The second-order valence-electron chi connectivity index (χ2n) is 7.08.